The standard InChI is InChI=1S/C15H24ClNO3/c1-11(2)17-10-12-8-13(16)15(14(9-12)19-3)20-7-5-4-6-18/h8-9,11,17-18H,4-7,10H2,1-3H3. The molecule has 0 atom stereocenters. The van der Waals surface area contributed by atoms with E-state index in [0.29, 0.717) is 29.2 Å². The van der Waals surface area contributed by atoms with E-state index in [0.717, 1.165) is 24.9 Å². The van der Waals surface area contributed by atoms with Crippen molar-refractivity contribution in [3.8, 4) is 11.5 Å². The molecule has 0 amide bonds. The molecule has 20 heavy (non-hydrogen) atoms. The first kappa shape index (κ1) is 17.1. The Kier molecular flexibility index (Phi) is 7.73. The number of aliphatic hydroxyl groups excluding tert-OH is 1. The van der Waals surface area contributed by atoms with Crippen molar-refractivity contribution >= 4 is 11.6 Å². The van der Waals surface area contributed by atoms with Gasteiger partial charge in [-0.25, -0.2) is 0 Å². The van der Waals surface area contributed by atoms with E-state index in [1.54, 1.807) is 7.11 Å². The van der Waals surface area contributed by atoms with Crippen LogP contribution in [0.25, 0.3) is 0 Å². The van der Waals surface area contributed by atoms with E-state index in [2.05, 4.69) is 19.2 Å². The van der Waals surface area contributed by atoms with E-state index in [1.165, 1.54) is 0 Å². The smallest absolute Gasteiger partial charge is 0.179 e. The summed E-state index contributed by atoms with van der Waals surface area (Å²) in [6, 6.07) is 4.23. The number of halogens is 1. The van der Waals surface area contributed by atoms with Gasteiger partial charge in [-0.3, -0.25) is 0 Å². The molecular formula is C15H24ClNO3. The third kappa shape index (κ3) is 5.57. The topological polar surface area (TPSA) is 50.7 Å². The van der Waals surface area contributed by atoms with Gasteiger partial charge in [0.2, 0.25) is 0 Å². The molecule has 5 heteroatoms. The Morgan fingerprint density at radius 3 is 2.65 bits per heavy atom. The van der Waals surface area contributed by atoms with E-state index < -0.39 is 0 Å². The molecule has 0 bridgehead atoms. The van der Waals surface area contributed by atoms with E-state index >= 15 is 0 Å². The molecule has 0 saturated carbocycles. The van der Waals surface area contributed by atoms with Gasteiger partial charge in [0, 0.05) is 19.2 Å². The molecule has 0 aliphatic carbocycles. The number of nitrogens with one attached hydrogen (secondary N) is 1. The minimum absolute atomic E-state index is 0.175. The predicted molar refractivity (Wildman–Crippen MR) is 81.8 cm³/mol. The molecule has 0 unspecified atom stereocenters. The minimum atomic E-state index is 0.175. The van der Waals surface area contributed by atoms with Crippen molar-refractivity contribution in [1.29, 1.82) is 0 Å². The molecule has 0 radical (unpaired) electrons. The van der Waals surface area contributed by atoms with Crippen molar-refractivity contribution < 1.29 is 14.6 Å². The summed E-state index contributed by atoms with van der Waals surface area (Å²) in [7, 11) is 1.60. The fraction of sp³-hybridized carbons (Fsp3) is 0.600. The van der Waals surface area contributed by atoms with Crippen LogP contribution in [-0.2, 0) is 6.54 Å². The molecule has 0 fully saturated rings. The summed E-state index contributed by atoms with van der Waals surface area (Å²) in [6.45, 7) is 5.61. The second-order valence-electron chi connectivity index (χ2n) is 4.92. The Hall–Kier alpha value is -0.970. The monoisotopic (exact) mass is 301 g/mol. The molecular weight excluding hydrogens is 278 g/mol. The normalized spacial score (nSPS) is 10.9. The van der Waals surface area contributed by atoms with E-state index in [9.17, 15) is 0 Å². The van der Waals surface area contributed by atoms with Crippen molar-refractivity contribution in [1.82, 2.24) is 5.32 Å². The number of benzene rings is 1. The van der Waals surface area contributed by atoms with Gasteiger partial charge in [-0.1, -0.05) is 25.4 Å². The Morgan fingerprint density at radius 1 is 1.30 bits per heavy atom. The first-order valence-corrected chi connectivity index (χ1v) is 7.29. The van der Waals surface area contributed by atoms with Crippen LogP contribution < -0.4 is 14.8 Å². The predicted octanol–water partition coefficient (Wildman–Crippen LogP) is 3.00. The van der Waals surface area contributed by atoms with Gasteiger partial charge >= 0.3 is 0 Å². The molecule has 0 saturated heterocycles. The van der Waals surface area contributed by atoms with Crippen LogP contribution >= 0.6 is 11.6 Å². The van der Waals surface area contributed by atoms with Gasteiger partial charge in [0.15, 0.2) is 11.5 Å². The van der Waals surface area contributed by atoms with Crippen LogP contribution in [0.15, 0.2) is 12.1 Å². The van der Waals surface area contributed by atoms with Gasteiger partial charge in [0.1, 0.15) is 0 Å². The summed E-state index contributed by atoms with van der Waals surface area (Å²) in [5.41, 5.74) is 1.06. The van der Waals surface area contributed by atoms with Crippen LogP contribution in [0.3, 0.4) is 0 Å². The average Bonchev–Trinajstić information content (AvgIpc) is 2.42. The number of aliphatic hydroxyl groups is 1. The highest BCUT2D eigenvalue weighted by Crippen LogP contribution is 2.36. The number of unbranched alkanes of at least 4 members (excludes halogenated alkanes) is 1. The van der Waals surface area contributed by atoms with Crippen molar-refractivity contribution in [2.24, 2.45) is 0 Å². The molecule has 0 aliphatic heterocycles. The van der Waals surface area contributed by atoms with Gasteiger partial charge in [-0.15, -0.1) is 0 Å². The lowest BCUT2D eigenvalue weighted by Gasteiger charge is -2.15. The summed E-state index contributed by atoms with van der Waals surface area (Å²) in [5, 5.41) is 12.6. The number of hydrogen-bond donors (Lipinski definition) is 2. The highest BCUT2D eigenvalue weighted by atomic mass is 35.5. The number of hydrogen-bond acceptors (Lipinski definition) is 4. The van der Waals surface area contributed by atoms with Gasteiger partial charge in [-0.2, -0.15) is 0 Å². The highest BCUT2D eigenvalue weighted by molar-refractivity contribution is 6.32. The van der Waals surface area contributed by atoms with Crippen molar-refractivity contribution in [2.75, 3.05) is 20.3 Å². The lowest BCUT2D eigenvalue weighted by Crippen LogP contribution is -2.21. The minimum Gasteiger partial charge on any atom is -0.493 e. The van der Waals surface area contributed by atoms with Gasteiger partial charge < -0.3 is 19.9 Å². The van der Waals surface area contributed by atoms with Crippen LogP contribution in [0.1, 0.15) is 32.3 Å². The Bertz CT molecular complexity index is 410. The lowest BCUT2D eigenvalue weighted by molar-refractivity contribution is 0.247. The summed E-state index contributed by atoms with van der Waals surface area (Å²) >= 11 is 6.26. The lowest BCUT2D eigenvalue weighted by atomic mass is 10.2. The Morgan fingerprint density at radius 2 is 2.05 bits per heavy atom. The maximum Gasteiger partial charge on any atom is 0.179 e. The fourth-order valence-electron chi connectivity index (χ4n) is 1.73. The number of methoxy groups -OCH3 is 1. The third-order valence-electron chi connectivity index (χ3n) is 2.80. The Balaban J connectivity index is 2.74. The molecule has 114 valence electrons. The SMILES string of the molecule is COc1cc(CNC(C)C)cc(Cl)c1OCCCCO. The first-order valence-electron chi connectivity index (χ1n) is 6.92. The van der Waals surface area contributed by atoms with E-state index in [4.69, 9.17) is 26.2 Å². The van der Waals surface area contributed by atoms with Crippen LogP contribution in [0, 0.1) is 0 Å². The van der Waals surface area contributed by atoms with E-state index in [-0.39, 0.29) is 6.61 Å². The molecule has 0 aliphatic rings. The molecule has 1 aromatic rings. The van der Waals surface area contributed by atoms with Crippen LogP contribution in [0.4, 0.5) is 0 Å². The third-order valence-corrected chi connectivity index (χ3v) is 3.08. The molecule has 1 aromatic carbocycles. The fourth-order valence-corrected chi connectivity index (χ4v) is 2.01. The van der Waals surface area contributed by atoms with Crippen molar-refractivity contribution in [3.05, 3.63) is 22.7 Å². The van der Waals surface area contributed by atoms with Crippen molar-refractivity contribution in [2.45, 2.75) is 39.3 Å². The summed E-state index contributed by atoms with van der Waals surface area (Å²) in [5.74, 6) is 1.21. The first-order chi connectivity index (χ1) is 9.58. The maximum absolute atomic E-state index is 8.75. The molecule has 4 nitrogen and oxygen atoms in total. The Labute approximate surface area is 126 Å². The highest BCUT2D eigenvalue weighted by Gasteiger charge is 2.12. The summed E-state index contributed by atoms with van der Waals surface area (Å²) < 4.78 is 11.0. The van der Waals surface area contributed by atoms with Gasteiger partial charge in [-0.05, 0) is 30.5 Å². The van der Waals surface area contributed by atoms with Gasteiger partial charge in [0.05, 0.1) is 18.7 Å². The number of rotatable bonds is 9. The summed E-state index contributed by atoms with van der Waals surface area (Å²) in [4.78, 5) is 0. The quantitative estimate of drug-likeness (QED) is 0.689. The van der Waals surface area contributed by atoms with E-state index in [1.807, 2.05) is 12.1 Å². The zero-order chi connectivity index (χ0) is 15.0. The molecule has 1 rings (SSSR count). The maximum atomic E-state index is 8.75. The average molecular weight is 302 g/mol. The van der Waals surface area contributed by atoms with Crippen LogP contribution in [-0.4, -0.2) is 31.5 Å². The van der Waals surface area contributed by atoms with Crippen molar-refractivity contribution in [3.63, 3.8) is 0 Å². The largest absolute Gasteiger partial charge is 0.493 e. The molecule has 0 aromatic heterocycles. The second kappa shape index (κ2) is 9.06. The van der Waals surface area contributed by atoms with Gasteiger partial charge in [0.25, 0.3) is 0 Å². The zero-order valence-corrected chi connectivity index (χ0v) is 13.2. The second-order valence-corrected chi connectivity index (χ2v) is 5.33. The van der Waals surface area contributed by atoms with Crippen LogP contribution in [0.5, 0.6) is 11.5 Å². The molecule has 0 heterocycles. The number of ether oxygens (including phenoxy) is 2. The zero-order valence-electron chi connectivity index (χ0n) is 12.4. The molecule has 2 N–H and O–H groups in total. The van der Waals surface area contributed by atoms with Crippen LogP contribution in [0.2, 0.25) is 5.02 Å². The molecule has 0 spiro atoms. The summed E-state index contributed by atoms with van der Waals surface area (Å²) in [6.07, 6.45) is 1.50.